The molecule has 1 aliphatic rings. The molecule has 0 aliphatic carbocycles. The summed E-state index contributed by atoms with van der Waals surface area (Å²) >= 11 is 1.41. The number of hydrogen-bond donors (Lipinski definition) is 2. The van der Waals surface area contributed by atoms with Crippen LogP contribution in [0.2, 0.25) is 0 Å². The first-order valence-corrected chi connectivity index (χ1v) is 8.08. The van der Waals surface area contributed by atoms with Gasteiger partial charge in [0.2, 0.25) is 0 Å². The quantitative estimate of drug-likeness (QED) is 0.838. The number of nitrogens with zero attached hydrogens (tertiary/aromatic N) is 3. The van der Waals surface area contributed by atoms with Gasteiger partial charge in [-0.15, -0.1) is 11.3 Å². The van der Waals surface area contributed by atoms with Crippen LogP contribution in [0, 0.1) is 6.92 Å². The standard InChI is InChI=1S/C15H19N5OS/c1-10-13(14(21)17-7-11-3-5-16-6-4-11)22-15(19-10)12-8-18-20(2)9-12/h3,8-9,16H,4-7H2,1-2H3,(H,17,21). The van der Waals surface area contributed by atoms with Crippen LogP contribution < -0.4 is 10.6 Å². The molecule has 7 heteroatoms. The van der Waals surface area contributed by atoms with Gasteiger partial charge in [0.05, 0.1) is 11.9 Å². The molecule has 2 aromatic heterocycles. The lowest BCUT2D eigenvalue weighted by molar-refractivity contribution is 0.0960. The number of carbonyl (C=O) groups excluding carboxylic acids is 1. The molecule has 0 bridgehead atoms. The van der Waals surface area contributed by atoms with Gasteiger partial charge in [0.1, 0.15) is 9.88 Å². The van der Waals surface area contributed by atoms with Crippen LogP contribution in [-0.4, -0.2) is 40.3 Å². The van der Waals surface area contributed by atoms with Gasteiger partial charge in [0.25, 0.3) is 5.91 Å². The molecule has 3 rings (SSSR count). The molecule has 2 aromatic rings. The van der Waals surface area contributed by atoms with E-state index < -0.39 is 0 Å². The molecule has 1 amide bonds. The summed E-state index contributed by atoms with van der Waals surface area (Å²) < 4.78 is 1.73. The number of carbonyl (C=O) groups is 1. The van der Waals surface area contributed by atoms with E-state index in [1.807, 2.05) is 20.2 Å². The van der Waals surface area contributed by atoms with Crippen molar-refractivity contribution in [2.75, 3.05) is 19.6 Å². The fourth-order valence-electron chi connectivity index (χ4n) is 2.37. The third-order valence-electron chi connectivity index (χ3n) is 3.59. The molecule has 0 fully saturated rings. The maximum Gasteiger partial charge on any atom is 0.263 e. The Bertz CT molecular complexity index is 715. The molecular weight excluding hydrogens is 298 g/mol. The van der Waals surface area contributed by atoms with Crippen LogP contribution in [0.1, 0.15) is 21.8 Å². The SMILES string of the molecule is Cc1nc(-c2cnn(C)c2)sc1C(=O)NCC1=CCNCC1. The molecule has 0 unspecified atom stereocenters. The second-order valence-electron chi connectivity index (χ2n) is 5.34. The van der Waals surface area contributed by atoms with Crippen LogP contribution in [0.25, 0.3) is 10.6 Å². The molecule has 0 saturated heterocycles. The number of nitrogens with one attached hydrogen (secondary N) is 2. The van der Waals surface area contributed by atoms with Gasteiger partial charge in [-0.25, -0.2) is 4.98 Å². The zero-order valence-corrected chi connectivity index (χ0v) is 13.5. The van der Waals surface area contributed by atoms with Gasteiger partial charge in [-0.2, -0.15) is 5.10 Å². The molecule has 2 N–H and O–H groups in total. The monoisotopic (exact) mass is 317 g/mol. The van der Waals surface area contributed by atoms with Crippen LogP contribution in [0.5, 0.6) is 0 Å². The minimum atomic E-state index is -0.0513. The average Bonchev–Trinajstić information content (AvgIpc) is 3.12. The first kappa shape index (κ1) is 14.9. The number of thiazole rings is 1. The summed E-state index contributed by atoms with van der Waals surface area (Å²) in [6, 6.07) is 0. The van der Waals surface area contributed by atoms with Gasteiger partial charge in [-0.1, -0.05) is 11.6 Å². The summed E-state index contributed by atoms with van der Waals surface area (Å²) in [6.07, 6.45) is 6.80. The number of hydrogen-bond acceptors (Lipinski definition) is 5. The lowest BCUT2D eigenvalue weighted by atomic mass is 10.1. The molecule has 0 aromatic carbocycles. The molecule has 116 valence electrons. The Morgan fingerprint density at radius 1 is 1.55 bits per heavy atom. The lowest BCUT2D eigenvalue weighted by Gasteiger charge is -2.14. The van der Waals surface area contributed by atoms with Crippen molar-refractivity contribution in [3.05, 3.63) is 34.6 Å². The smallest absolute Gasteiger partial charge is 0.263 e. The normalized spacial score (nSPS) is 14.7. The Labute approximate surface area is 133 Å². The fraction of sp³-hybridized carbons (Fsp3) is 0.400. The van der Waals surface area contributed by atoms with Crippen LogP contribution in [-0.2, 0) is 7.05 Å². The summed E-state index contributed by atoms with van der Waals surface area (Å²) in [6.45, 7) is 4.34. The summed E-state index contributed by atoms with van der Waals surface area (Å²) in [5.41, 5.74) is 2.98. The summed E-state index contributed by atoms with van der Waals surface area (Å²) in [7, 11) is 1.87. The van der Waals surface area contributed by atoms with E-state index in [4.69, 9.17) is 0 Å². The minimum absolute atomic E-state index is 0.0513. The van der Waals surface area contributed by atoms with E-state index in [1.165, 1.54) is 16.9 Å². The highest BCUT2D eigenvalue weighted by Crippen LogP contribution is 2.27. The second kappa shape index (κ2) is 6.41. The number of aromatic nitrogens is 3. The summed E-state index contributed by atoms with van der Waals surface area (Å²) in [5, 5.41) is 11.2. The Morgan fingerprint density at radius 2 is 2.41 bits per heavy atom. The molecule has 0 radical (unpaired) electrons. The van der Waals surface area contributed by atoms with Gasteiger partial charge < -0.3 is 10.6 Å². The number of rotatable bonds is 4. The Balaban J connectivity index is 1.70. The predicted octanol–water partition coefficient (Wildman–Crippen LogP) is 1.50. The van der Waals surface area contributed by atoms with Crippen LogP contribution in [0.15, 0.2) is 24.0 Å². The summed E-state index contributed by atoms with van der Waals surface area (Å²) in [5.74, 6) is -0.0513. The van der Waals surface area contributed by atoms with Crippen LogP contribution in [0.3, 0.4) is 0 Å². The highest BCUT2D eigenvalue weighted by atomic mass is 32.1. The molecule has 3 heterocycles. The van der Waals surface area contributed by atoms with E-state index in [0.29, 0.717) is 11.4 Å². The van der Waals surface area contributed by atoms with Crippen molar-refractivity contribution in [2.45, 2.75) is 13.3 Å². The summed E-state index contributed by atoms with van der Waals surface area (Å²) in [4.78, 5) is 17.5. The maximum atomic E-state index is 12.4. The van der Waals surface area contributed by atoms with Gasteiger partial charge in [0, 0.05) is 31.9 Å². The highest BCUT2D eigenvalue weighted by Gasteiger charge is 2.17. The topological polar surface area (TPSA) is 71.8 Å². The van der Waals surface area contributed by atoms with Crippen LogP contribution in [0.4, 0.5) is 0 Å². The molecule has 0 atom stereocenters. The molecule has 0 spiro atoms. The molecule has 0 saturated carbocycles. The number of amides is 1. The van der Waals surface area contributed by atoms with E-state index >= 15 is 0 Å². The van der Waals surface area contributed by atoms with Crippen molar-refractivity contribution >= 4 is 17.2 Å². The van der Waals surface area contributed by atoms with Gasteiger partial charge >= 0.3 is 0 Å². The van der Waals surface area contributed by atoms with E-state index in [2.05, 4.69) is 26.8 Å². The molecule has 22 heavy (non-hydrogen) atoms. The van der Waals surface area contributed by atoms with Crippen LogP contribution >= 0.6 is 11.3 Å². The zero-order chi connectivity index (χ0) is 15.5. The van der Waals surface area contributed by atoms with E-state index in [1.54, 1.807) is 10.9 Å². The predicted molar refractivity (Wildman–Crippen MR) is 87.0 cm³/mol. The van der Waals surface area contributed by atoms with E-state index in [9.17, 15) is 4.79 Å². The molecular formula is C15H19N5OS. The van der Waals surface area contributed by atoms with Crippen molar-refractivity contribution in [1.82, 2.24) is 25.4 Å². The van der Waals surface area contributed by atoms with Gasteiger partial charge in [0.15, 0.2) is 0 Å². The average molecular weight is 317 g/mol. The largest absolute Gasteiger partial charge is 0.348 e. The maximum absolute atomic E-state index is 12.4. The van der Waals surface area contributed by atoms with Crippen molar-refractivity contribution in [2.24, 2.45) is 7.05 Å². The Hall–Kier alpha value is -1.99. The first-order valence-electron chi connectivity index (χ1n) is 7.27. The van der Waals surface area contributed by atoms with Crippen molar-refractivity contribution in [3.63, 3.8) is 0 Å². The van der Waals surface area contributed by atoms with Gasteiger partial charge in [-0.05, 0) is 19.9 Å². The second-order valence-corrected chi connectivity index (χ2v) is 6.33. The Kier molecular flexibility index (Phi) is 4.35. The zero-order valence-electron chi connectivity index (χ0n) is 12.7. The molecule has 1 aliphatic heterocycles. The molecule has 6 nitrogen and oxygen atoms in total. The first-order chi connectivity index (χ1) is 10.6. The van der Waals surface area contributed by atoms with Crippen molar-refractivity contribution in [3.8, 4) is 10.6 Å². The number of aryl methyl sites for hydroxylation is 2. The minimum Gasteiger partial charge on any atom is -0.348 e. The van der Waals surface area contributed by atoms with Crippen molar-refractivity contribution < 1.29 is 4.79 Å². The fourth-order valence-corrected chi connectivity index (χ4v) is 3.32. The highest BCUT2D eigenvalue weighted by molar-refractivity contribution is 7.17. The third kappa shape index (κ3) is 3.26. The third-order valence-corrected chi connectivity index (χ3v) is 4.79. The Morgan fingerprint density at radius 3 is 3.09 bits per heavy atom. The van der Waals surface area contributed by atoms with E-state index in [0.717, 1.165) is 35.8 Å². The van der Waals surface area contributed by atoms with Gasteiger partial charge in [-0.3, -0.25) is 9.48 Å². The van der Waals surface area contributed by atoms with Crippen molar-refractivity contribution in [1.29, 1.82) is 0 Å². The lowest BCUT2D eigenvalue weighted by Crippen LogP contribution is -2.29. The van der Waals surface area contributed by atoms with E-state index in [-0.39, 0.29) is 5.91 Å².